The highest BCUT2D eigenvalue weighted by Gasteiger charge is 2.18. The maximum absolute atomic E-state index is 5.55. The summed E-state index contributed by atoms with van der Waals surface area (Å²) in [4.78, 5) is 0. The predicted octanol–water partition coefficient (Wildman–Crippen LogP) is -1.33. The molecular formula is C5H15NOSi. The van der Waals surface area contributed by atoms with E-state index in [1.165, 1.54) is 0 Å². The fraction of sp³-hybridized carbons (Fsp3) is 1.00. The first-order valence-electron chi connectivity index (χ1n) is 2.68. The molecular weight excluding hydrogens is 118 g/mol. The molecule has 0 aromatic carbocycles. The molecule has 1 aliphatic heterocycles. The van der Waals surface area contributed by atoms with Gasteiger partial charge in [0.05, 0.1) is 6.10 Å². The molecule has 1 heterocycles. The number of hydrogen-bond donors (Lipinski definition) is 1. The van der Waals surface area contributed by atoms with E-state index in [2.05, 4.69) is 0 Å². The quantitative estimate of drug-likeness (QED) is 0.416. The largest absolute Gasteiger partial charge is 0.377 e. The van der Waals surface area contributed by atoms with Gasteiger partial charge >= 0.3 is 0 Å². The summed E-state index contributed by atoms with van der Waals surface area (Å²) in [5.41, 5.74) is 5.55. The van der Waals surface area contributed by atoms with Crippen molar-refractivity contribution in [2.24, 2.45) is 5.73 Å². The Labute approximate surface area is 54.4 Å². The fourth-order valence-electron chi connectivity index (χ4n) is 0.748. The van der Waals surface area contributed by atoms with Crippen LogP contribution in [0.1, 0.15) is 13.3 Å². The molecule has 1 rings (SSSR count). The van der Waals surface area contributed by atoms with Crippen LogP contribution in [0.25, 0.3) is 0 Å². The lowest BCUT2D eigenvalue weighted by atomic mass is 10.2. The van der Waals surface area contributed by atoms with Crippen LogP contribution in [0.5, 0.6) is 0 Å². The zero-order valence-corrected chi connectivity index (χ0v) is 4.55. The Hall–Kier alpha value is 0.137. The van der Waals surface area contributed by atoms with Crippen LogP contribution in [0.2, 0.25) is 0 Å². The fourth-order valence-corrected chi connectivity index (χ4v) is 0.748. The van der Waals surface area contributed by atoms with E-state index >= 15 is 0 Å². The molecule has 1 fully saturated rings. The number of hydrogen-bond acceptors (Lipinski definition) is 2. The van der Waals surface area contributed by atoms with Gasteiger partial charge in [-0.05, 0) is 24.3 Å². The van der Waals surface area contributed by atoms with E-state index in [0.717, 1.165) is 13.0 Å². The normalized spacial score (nSPS) is 36.8. The number of nitrogens with two attached hydrogens (primary N) is 1. The summed E-state index contributed by atoms with van der Waals surface area (Å²) in [6, 6.07) is 0.292. The molecule has 0 amide bonds. The summed E-state index contributed by atoms with van der Waals surface area (Å²) in [5.74, 6) is 0. The molecule has 0 aliphatic carbocycles. The first-order chi connectivity index (χ1) is 3.30. The Balaban J connectivity index is 0.000000490. The molecule has 50 valence electrons. The van der Waals surface area contributed by atoms with E-state index in [1.54, 1.807) is 0 Å². The molecule has 8 heavy (non-hydrogen) atoms. The highest BCUT2D eigenvalue weighted by molar-refractivity contribution is 5.75. The zero-order chi connectivity index (χ0) is 5.28. The van der Waals surface area contributed by atoms with Gasteiger partial charge in [0, 0.05) is 12.6 Å². The standard InChI is InChI=1S/C5H11NO.H4Si/c1-4-5(6)2-3-7-4;/h4-5H,2-3,6H2,1H3;1H4. The molecule has 2 N–H and O–H groups in total. The molecule has 0 bridgehead atoms. The number of rotatable bonds is 0. The van der Waals surface area contributed by atoms with Crippen LogP contribution in [0, 0.1) is 0 Å². The van der Waals surface area contributed by atoms with Crippen LogP contribution in [-0.4, -0.2) is 29.7 Å². The van der Waals surface area contributed by atoms with Gasteiger partial charge in [0.1, 0.15) is 0 Å². The van der Waals surface area contributed by atoms with E-state index in [1.807, 2.05) is 6.92 Å². The summed E-state index contributed by atoms with van der Waals surface area (Å²) in [6.45, 7) is 2.86. The van der Waals surface area contributed by atoms with Crippen LogP contribution < -0.4 is 5.73 Å². The first-order valence-corrected chi connectivity index (χ1v) is 2.68. The SMILES string of the molecule is CC1OCCC1N.[SiH4]. The third-order valence-corrected chi connectivity index (χ3v) is 1.43. The van der Waals surface area contributed by atoms with Crippen LogP contribution >= 0.6 is 0 Å². The Bertz CT molecular complexity index is 61.4. The third-order valence-electron chi connectivity index (χ3n) is 1.43. The van der Waals surface area contributed by atoms with Gasteiger partial charge in [-0.2, -0.15) is 0 Å². The maximum atomic E-state index is 5.55. The molecule has 2 atom stereocenters. The van der Waals surface area contributed by atoms with Crippen molar-refractivity contribution in [3.63, 3.8) is 0 Å². The van der Waals surface area contributed by atoms with Gasteiger partial charge in [-0.15, -0.1) is 0 Å². The van der Waals surface area contributed by atoms with Crippen molar-refractivity contribution >= 4 is 11.0 Å². The summed E-state index contributed by atoms with van der Waals surface area (Å²) in [6.07, 6.45) is 1.32. The molecule has 2 unspecified atom stereocenters. The van der Waals surface area contributed by atoms with Gasteiger partial charge in [0.2, 0.25) is 0 Å². The van der Waals surface area contributed by atoms with Crippen molar-refractivity contribution in [3.05, 3.63) is 0 Å². The van der Waals surface area contributed by atoms with Gasteiger partial charge in [-0.25, -0.2) is 0 Å². The molecule has 2 nitrogen and oxygen atoms in total. The molecule has 1 saturated heterocycles. The Kier molecular flexibility index (Phi) is 3.27. The number of ether oxygens (including phenoxy) is 1. The minimum Gasteiger partial charge on any atom is -0.377 e. The molecule has 1 aliphatic rings. The monoisotopic (exact) mass is 133 g/mol. The van der Waals surface area contributed by atoms with Gasteiger partial charge < -0.3 is 10.5 Å². The van der Waals surface area contributed by atoms with Crippen LogP contribution in [0.15, 0.2) is 0 Å². The van der Waals surface area contributed by atoms with E-state index in [-0.39, 0.29) is 11.0 Å². The maximum Gasteiger partial charge on any atom is 0.0698 e. The topological polar surface area (TPSA) is 35.2 Å². The van der Waals surface area contributed by atoms with Crippen molar-refractivity contribution < 1.29 is 4.74 Å². The van der Waals surface area contributed by atoms with Crippen molar-refractivity contribution in [1.82, 2.24) is 0 Å². The molecule has 0 spiro atoms. The van der Waals surface area contributed by atoms with Gasteiger partial charge in [-0.3, -0.25) is 0 Å². The van der Waals surface area contributed by atoms with Gasteiger partial charge in [-0.1, -0.05) is 0 Å². The smallest absolute Gasteiger partial charge is 0.0698 e. The zero-order valence-electron chi connectivity index (χ0n) is 4.55. The second-order valence-electron chi connectivity index (χ2n) is 2.03. The van der Waals surface area contributed by atoms with Crippen molar-refractivity contribution in [2.45, 2.75) is 25.5 Å². The molecule has 0 aromatic heterocycles. The van der Waals surface area contributed by atoms with E-state index < -0.39 is 0 Å². The lowest BCUT2D eigenvalue weighted by Gasteiger charge is -2.04. The summed E-state index contributed by atoms with van der Waals surface area (Å²) >= 11 is 0. The molecule has 0 aromatic rings. The van der Waals surface area contributed by atoms with Crippen LogP contribution in [-0.2, 0) is 4.74 Å². The Morgan fingerprint density at radius 2 is 2.25 bits per heavy atom. The molecule has 0 radical (unpaired) electrons. The first kappa shape index (κ1) is 8.14. The summed E-state index contributed by atoms with van der Waals surface area (Å²) < 4.78 is 5.14. The average Bonchev–Trinajstić information content (AvgIpc) is 1.91. The molecule has 0 saturated carbocycles. The predicted molar refractivity (Wildman–Crippen MR) is 39.3 cm³/mol. The van der Waals surface area contributed by atoms with Gasteiger partial charge in [0.15, 0.2) is 0 Å². The van der Waals surface area contributed by atoms with E-state index in [4.69, 9.17) is 10.5 Å². The highest BCUT2D eigenvalue weighted by atomic mass is 28.1. The summed E-state index contributed by atoms with van der Waals surface area (Å²) in [5, 5.41) is 0. The van der Waals surface area contributed by atoms with Crippen molar-refractivity contribution in [1.29, 1.82) is 0 Å². The lowest BCUT2D eigenvalue weighted by molar-refractivity contribution is 0.119. The minimum absolute atomic E-state index is 0. The Morgan fingerprint density at radius 1 is 1.62 bits per heavy atom. The van der Waals surface area contributed by atoms with Gasteiger partial charge in [0.25, 0.3) is 0 Å². The van der Waals surface area contributed by atoms with E-state index in [0.29, 0.717) is 12.1 Å². The van der Waals surface area contributed by atoms with Crippen molar-refractivity contribution in [3.8, 4) is 0 Å². The Morgan fingerprint density at radius 3 is 2.38 bits per heavy atom. The molecule has 3 heteroatoms. The second kappa shape index (κ2) is 3.22. The highest BCUT2D eigenvalue weighted by Crippen LogP contribution is 2.08. The van der Waals surface area contributed by atoms with Crippen LogP contribution in [0.3, 0.4) is 0 Å². The third kappa shape index (κ3) is 1.58. The van der Waals surface area contributed by atoms with Crippen molar-refractivity contribution in [2.75, 3.05) is 6.61 Å². The summed E-state index contributed by atoms with van der Waals surface area (Å²) in [7, 11) is 0. The average molecular weight is 133 g/mol. The second-order valence-corrected chi connectivity index (χ2v) is 2.03. The van der Waals surface area contributed by atoms with E-state index in [9.17, 15) is 0 Å². The lowest BCUT2D eigenvalue weighted by Crippen LogP contribution is -2.26. The minimum atomic E-state index is 0. The van der Waals surface area contributed by atoms with Crippen LogP contribution in [0.4, 0.5) is 0 Å².